The summed E-state index contributed by atoms with van der Waals surface area (Å²) < 4.78 is 7.10. The molecule has 2 aromatic heterocycles. The Balaban J connectivity index is 1.57. The van der Waals surface area contributed by atoms with Crippen molar-refractivity contribution in [1.29, 1.82) is 0 Å². The number of carbonyl (C=O) groups excluding carboxylic acids is 1. The minimum absolute atomic E-state index is 0.0491. The van der Waals surface area contributed by atoms with Gasteiger partial charge < -0.3 is 4.74 Å². The number of thiophene rings is 1. The zero-order valence-electron chi connectivity index (χ0n) is 14.0. The summed E-state index contributed by atoms with van der Waals surface area (Å²) >= 11 is 1.54. The molecule has 1 atom stereocenters. The van der Waals surface area contributed by atoms with E-state index < -0.39 is 12.2 Å². The third-order valence-electron chi connectivity index (χ3n) is 3.97. The molecule has 8 heteroatoms. The largest absolute Gasteiger partial charge is 0.350 e. The van der Waals surface area contributed by atoms with E-state index >= 15 is 0 Å². The van der Waals surface area contributed by atoms with Gasteiger partial charge in [-0.1, -0.05) is 24.3 Å². The lowest BCUT2D eigenvalue weighted by Gasteiger charge is -2.21. The van der Waals surface area contributed by atoms with E-state index in [1.807, 2.05) is 47.8 Å². The number of rotatable bonds is 5. The van der Waals surface area contributed by atoms with Crippen molar-refractivity contribution in [2.45, 2.75) is 25.6 Å². The second-order valence-electron chi connectivity index (χ2n) is 5.83. The summed E-state index contributed by atoms with van der Waals surface area (Å²) in [5.41, 5.74) is 3.24. The molecule has 134 valence electrons. The highest BCUT2D eigenvalue weighted by atomic mass is 32.1. The third kappa shape index (κ3) is 3.67. The van der Waals surface area contributed by atoms with E-state index in [-0.39, 0.29) is 5.82 Å². The lowest BCUT2D eigenvalue weighted by Crippen LogP contribution is -2.33. The molecular formula is C18H18N4O3S. The van der Waals surface area contributed by atoms with Gasteiger partial charge in [-0.15, -0.1) is 16.4 Å². The van der Waals surface area contributed by atoms with Crippen molar-refractivity contribution < 1.29 is 14.4 Å². The minimum atomic E-state index is -0.494. The zero-order valence-corrected chi connectivity index (χ0v) is 14.8. The Labute approximate surface area is 154 Å². The van der Waals surface area contributed by atoms with Gasteiger partial charge in [-0.25, -0.2) is 20.0 Å². The van der Waals surface area contributed by atoms with Crippen LogP contribution in [0.2, 0.25) is 0 Å². The van der Waals surface area contributed by atoms with Gasteiger partial charge in [0.15, 0.2) is 12.1 Å². The molecule has 3 heterocycles. The summed E-state index contributed by atoms with van der Waals surface area (Å²) in [6.45, 7) is 0.643. The van der Waals surface area contributed by atoms with Gasteiger partial charge in [-0.3, -0.25) is 4.79 Å². The summed E-state index contributed by atoms with van der Waals surface area (Å²) in [6, 6.07) is 13.5. The number of ether oxygens (including phenoxy) is 1. The molecule has 1 aliphatic heterocycles. The number of para-hydroxylation sites is 1. The Morgan fingerprint density at radius 2 is 2.12 bits per heavy atom. The quantitative estimate of drug-likeness (QED) is 0.698. The molecule has 0 radical (unpaired) electrons. The molecule has 1 aromatic carbocycles. The number of aromatic nitrogens is 3. The average molecular weight is 370 g/mol. The number of carbonyl (C=O) groups is 1. The number of amides is 1. The Morgan fingerprint density at radius 1 is 1.23 bits per heavy atom. The van der Waals surface area contributed by atoms with E-state index in [4.69, 9.17) is 9.57 Å². The highest BCUT2D eigenvalue weighted by Crippen LogP contribution is 2.25. The molecule has 0 aliphatic carbocycles. The number of nitrogens with zero attached hydrogens (tertiary/aromatic N) is 3. The van der Waals surface area contributed by atoms with Crippen molar-refractivity contribution in [1.82, 2.24) is 20.2 Å². The molecule has 1 fully saturated rings. The number of benzene rings is 1. The molecule has 0 spiro atoms. The summed E-state index contributed by atoms with van der Waals surface area (Å²) in [4.78, 5) is 23.1. The number of hydroxylamine groups is 1. The third-order valence-corrected chi connectivity index (χ3v) is 4.84. The van der Waals surface area contributed by atoms with Gasteiger partial charge in [0.05, 0.1) is 10.6 Å². The first-order chi connectivity index (χ1) is 12.8. The molecule has 26 heavy (non-hydrogen) atoms. The second-order valence-corrected chi connectivity index (χ2v) is 6.78. The van der Waals surface area contributed by atoms with Gasteiger partial charge in [-0.05, 0) is 36.4 Å². The fourth-order valence-electron chi connectivity index (χ4n) is 2.69. The van der Waals surface area contributed by atoms with Crippen LogP contribution in [0.25, 0.3) is 16.4 Å². The molecule has 1 saturated heterocycles. The van der Waals surface area contributed by atoms with E-state index in [1.165, 1.54) is 11.3 Å². The van der Waals surface area contributed by atoms with Crippen molar-refractivity contribution in [2.24, 2.45) is 0 Å². The maximum atomic E-state index is 12.4. The van der Waals surface area contributed by atoms with E-state index in [9.17, 15) is 4.79 Å². The molecule has 7 nitrogen and oxygen atoms in total. The predicted octanol–water partition coefficient (Wildman–Crippen LogP) is 3.18. The Bertz CT molecular complexity index is 858. The maximum Gasteiger partial charge on any atom is 0.314 e. The summed E-state index contributed by atoms with van der Waals surface area (Å²) in [6.07, 6.45) is 2.37. The van der Waals surface area contributed by atoms with Crippen LogP contribution in [0.1, 0.15) is 29.9 Å². The molecule has 1 N–H and O–H groups in total. The average Bonchev–Trinajstić information content (AvgIpc) is 3.37. The van der Waals surface area contributed by atoms with Crippen LogP contribution in [0.4, 0.5) is 0 Å². The second kappa shape index (κ2) is 7.77. The van der Waals surface area contributed by atoms with Crippen molar-refractivity contribution in [2.75, 3.05) is 6.61 Å². The monoisotopic (exact) mass is 370 g/mol. The van der Waals surface area contributed by atoms with Crippen molar-refractivity contribution in [3.8, 4) is 16.4 Å². The molecule has 0 bridgehead atoms. The zero-order chi connectivity index (χ0) is 17.8. The van der Waals surface area contributed by atoms with Gasteiger partial charge in [-0.2, -0.15) is 0 Å². The standard InChI is InChI=1S/C18H18N4O3S/c23-18(21-25-15-10-4-5-11-24-15)16-19-17(14-9-6-12-26-14)22(20-16)13-7-2-1-3-8-13/h1-3,6-9,12,15H,4-5,10-11H2,(H,21,23)/t15-/m1/s1. The summed E-state index contributed by atoms with van der Waals surface area (Å²) in [5, 5.41) is 6.34. The summed E-state index contributed by atoms with van der Waals surface area (Å²) in [5.74, 6) is 0.171. The van der Waals surface area contributed by atoms with E-state index in [0.29, 0.717) is 12.4 Å². The Hall–Kier alpha value is -2.55. The van der Waals surface area contributed by atoms with Gasteiger partial charge in [0.2, 0.25) is 5.82 Å². The normalized spacial score (nSPS) is 17.2. The smallest absolute Gasteiger partial charge is 0.314 e. The van der Waals surface area contributed by atoms with Crippen LogP contribution in [0, 0.1) is 0 Å². The topological polar surface area (TPSA) is 78.3 Å². The van der Waals surface area contributed by atoms with Crippen LogP contribution in [0.15, 0.2) is 47.8 Å². The number of nitrogens with one attached hydrogen (secondary N) is 1. The predicted molar refractivity (Wildman–Crippen MR) is 96.8 cm³/mol. The van der Waals surface area contributed by atoms with Crippen molar-refractivity contribution >= 4 is 17.2 Å². The van der Waals surface area contributed by atoms with Gasteiger partial charge in [0.25, 0.3) is 0 Å². The highest BCUT2D eigenvalue weighted by molar-refractivity contribution is 7.13. The molecule has 1 aliphatic rings. The van der Waals surface area contributed by atoms with Crippen molar-refractivity contribution in [3.05, 3.63) is 53.7 Å². The summed E-state index contributed by atoms with van der Waals surface area (Å²) in [7, 11) is 0. The first kappa shape index (κ1) is 16.9. The lowest BCUT2D eigenvalue weighted by molar-refractivity contribution is -0.186. The van der Waals surface area contributed by atoms with Crippen LogP contribution >= 0.6 is 11.3 Å². The lowest BCUT2D eigenvalue weighted by atomic mass is 10.2. The molecule has 0 unspecified atom stereocenters. The van der Waals surface area contributed by atoms with E-state index in [1.54, 1.807) is 4.68 Å². The maximum absolute atomic E-state index is 12.4. The SMILES string of the molecule is O=C(NO[C@@H]1CCCCO1)c1nc(-c2cccs2)n(-c2ccccc2)n1. The van der Waals surface area contributed by atoms with Crippen LogP contribution in [0.5, 0.6) is 0 Å². The minimum Gasteiger partial charge on any atom is -0.350 e. The van der Waals surface area contributed by atoms with Gasteiger partial charge in [0, 0.05) is 13.0 Å². The van der Waals surface area contributed by atoms with Crippen LogP contribution < -0.4 is 5.48 Å². The van der Waals surface area contributed by atoms with Crippen LogP contribution in [-0.2, 0) is 9.57 Å². The van der Waals surface area contributed by atoms with Gasteiger partial charge in [0.1, 0.15) is 0 Å². The molecule has 1 amide bonds. The van der Waals surface area contributed by atoms with E-state index in [0.717, 1.165) is 29.8 Å². The van der Waals surface area contributed by atoms with E-state index in [2.05, 4.69) is 15.6 Å². The van der Waals surface area contributed by atoms with Crippen LogP contribution in [-0.4, -0.2) is 33.6 Å². The first-order valence-corrected chi connectivity index (χ1v) is 9.33. The Kier molecular flexibility index (Phi) is 5.05. The fraction of sp³-hybridized carbons (Fsp3) is 0.278. The molecule has 4 rings (SSSR count). The first-order valence-electron chi connectivity index (χ1n) is 8.45. The van der Waals surface area contributed by atoms with Gasteiger partial charge >= 0.3 is 5.91 Å². The molecular weight excluding hydrogens is 352 g/mol. The molecule has 3 aromatic rings. The highest BCUT2D eigenvalue weighted by Gasteiger charge is 2.21. The van der Waals surface area contributed by atoms with Crippen molar-refractivity contribution in [3.63, 3.8) is 0 Å². The number of hydrogen-bond donors (Lipinski definition) is 1. The number of hydrogen-bond acceptors (Lipinski definition) is 6. The molecule has 0 saturated carbocycles. The fourth-order valence-corrected chi connectivity index (χ4v) is 3.39. The Morgan fingerprint density at radius 3 is 2.85 bits per heavy atom. The van der Waals surface area contributed by atoms with Crippen LogP contribution in [0.3, 0.4) is 0 Å².